The summed E-state index contributed by atoms with van der Waals surface area (Å²) in [4.78, 5) is 10.6. The second-order valence-electron chi connectivity index (χ2n) is 5.04. The van der Waals surface area contributed by atoms with E-state index >= 15 is 0 Å². The second-order valence-corrected chi connectivity index (χ2v) is 5.04. The lowest BCUT2D eigenvalue weighted by atomic mass is 9.82. The summed E-state index contributed by atoms with van der Waals surface area (Å²) < 4.78 is 0. The largest absolute Gasteiger partial charge is 0.478 e. The Kier molecular flexibility index (Phi) is 5.35. The van der Waals surface area contributed by atoms with Crippen molar-refractivity contribution in [1.29, 1.82) is 0 Å². The molecule has 100 valence electrons. The Bertz CT molecular complexity index is 391. The van der Waals surface area contributed by atoms with Crippen LogP contribution in [0.4, 0.5) is 0 Å². The van der Waals surface area contributed by atoms with Crippen molar-refractivity contribution in [1.82, 2.24) is 0 Å². The molecule has 0 aromatic heterocycles. The van der Waals surface area contributed by atoms with E-state index in [0.29, 0.717) is 17.9 Å². The number of carboxylic acid groups (broad SMARTS) is 1. The Hall–Kier alpha value is -1.35. The summed E-state index contributed by atoms with van der Waals surface area (Å²) in [6, 6.07) is 0. The van der Waals surface area contributed by atoms with E-state index in [1.54, 1.807) is 13.0 Å². The molecule has 0 bridgehead atoms. The molecular weight excluding hydrogens is 228 g/mol. The highest BCUT2D eigenvalue weighted by atomic mass is 16.4. The number of aliphatic hydroxyl groups is 1. The quantitative estimate of drug-likeness (QED) is 0.582. The van der Waals surface area contributed by atoms with Gasteiger partial charge in [0.05, 0.1) is 6.10 Å². The zero-order valence-corrected chi connectivity index (χ0v) is 11.1. The van der Waals surface area contributed by atoms with Crippen molar-refractivity contribution in [2.24, 2.45) is 5.92 Å². The van der Waals surface area contributed by atoms with Gasteiger partial charge in [-0.15, -0.1) is 0 Å². The van der Waals surface area contributed by atoms with Crippen LogP contribution < -0.4 is 0 Å². The van der Waals surface area contributed by atoms with Crippen LogP contribution in [0.3, 0.4) is 0 Å². The molecule has 0 heterocycles. The third-order valence-electron chi connectivity index (χ3n) is 3.52. The zero-order chi connectivity index (χ0) is 13.7. The molecule has 1 rings (SSSR count). The Balaban J connectivity index is 2.51. The lowest BCUT2D eigenvalue weighted by Crippen LogP contribution is -2.21. The summed E-state index contributed by atoms with van der Waals surface area (Å²) in [5, 5.41) is 18.7. The van der Waals surface area contributed by atoms with Gasteiger partial charge in [0, 0.05) is 5.57 Å². The molecule has 0 fully saturated rings. The summed E-state index contributed by atoms with van der Waals surface area (Å²) in [5.41, 5.74) is 2.51. The average molecular weight is 250 g/mol. The van der Waals surface area contributed by atoms with Gasteiger partial charge in [-0.1, -0.05) is 24.3 Å². The van der Waals surface area contributed by atoms with Crippen molar-refractivity contribution >= 4 is 5.97 Å². The fourth-order valence-electron chi connectivity index (χ4n) is 2.16. The van der Waals surface area contributed by atoms with Crippen LogP contribution >= 0.6 is 0 Å². The molecule has 0 saturated heterocycles. The van der Waals surface area contributed by atoms with Crippen molar-refractivity contribution in [2.75, 3.05) is 0 Å². The molecule has 0 aromatic carbocycles. The van der Waals surface area contributed by atoms with E-state index < -0.39 is 12.1 Å². The van der Waals surface area contributed by atoms with E-state index in [4.69, 9.17) is 5.11 Å². The molecule has 2 unspecified atom stereocenters. The minimum Gasteiger partial charge on any atom is -0.478 e. The third-order valence-corrected chi connectivity index (χ3v) is 3.52. The fourth-order valence-corrected chi connectivity index (χ4v) is 2.16. The predicted molar refractivity (Wildman–Crippen MR) is 72.3 cm³/mol. The first-order valence-corrected chi connectivity index (χ1v) is 6.34. The molecule has 0 radical (unpaired) electrons. The minimum absolute atomic E-state index is 0.362. The highest BCUT2D eigenvalue weighted by Crippen LogP contribution is 2.30. The van der Waals surface area contributed by atoms with Gasteiger partial charge in [0.2, 0.25) is 0 Å². The van der Waals surface area contributed by atoms with Gasteiger partial charge in [-0.3, -0.25) is 0 Å². The molecule has 3 nitrogen and oxygen atoms in total. The van der Waals surface area contributed by atoms with Gasteiger partial charge in [0.1, 0.15) is 0 Å². The van der Waals surface area contributed by atoms with E-state index in [9.17, 15) is 9.90 Å². The molecule has 2 N–H and O–H groups in total. The van der Waals surface area contributed by atoms with E-state index in [-0.39, 0.29) is 0 Å². The summed E-state index contributed by atoms with van der Waals surface area (Å²) in [6.45, 7) is 7.51. The molecular formula is C15H22O3. The van der Waals surface area contributed by atoms with Crippen molar-refractivity contribution < 1.29 is 15.0 Å². The molecule has 0 aliphatic heterocycles. The number of aliphatic carboxylic acids is 1. The fraction of sp³-hybridized carbons (Fsp3) is 0.533. The number of hydrogen-bond donors (Lipinski definition) is 2. The monoisotopic (exact) mass is 250 g/mol. The molecule has 3 heteroatoms. The molecule has 0 aromatic rings. The van der Waals surface area contributed by atoms with E-state index in [0.717, 1.165) is 30.4 Å². The van der Waals surface area contributed by atoms with Crippen LogP contribution in [0, 0.1) is 5.92 Å². The Morgan fingerprint density at radius 2 is 2.22 bits per heavy atom. The maximum absolute atomic E-state index is 10.6. The Morgan fingerprint density at radius 1 is 1.56 bits per heavy atom. The molecule has 0 spiro atoms. The molecule has 18 heavy (non-hydrogen) atoms. The summed E-state index contributed by atoms with van der Waals surface area (Å²) in [6.07, 6.45) is 6.46. The smallest absolute Gasteiger partial charge is 0.330 e. The first kappa shape index (κ1) is 14.7. The SMILES string of the molecule is C=C(C)C1CC=C(CCC=C(C)C(=O)O)C(O)C1. The zero-order valence-electron chi connectivity index (χ0n) is 11.1. The van der Waals surface area contributed by atoms with Crippen molar-refractivity contribution in [3.63, 3.8) is 0 Å². The van der Waals surface area contributed by atoms with Gasteiger partial charge in [-0.2, -0.15) is 0 Å². The van der Waals surface area contributed by atoms with Crippen LogP contribution in [-0.4, -0.2) is 22.3 Å². The highest BCUT2D eigenvalue weighted by Gasteiger charge is 2.22. The number of carboxylic acids is 1. The highest BCUT2D eigenvalue weighted by molar-refractivity contribution is 5.85. The lowest BCUT2D eigenvalue weighted by Gasteiger charge is -2.26. The summed E-state index contributed by atoms with van der Waals surface area (Å²) >= 11 is 0. The molecule has 0 amide bonds. The number of carbonyl (C=O) groups is 1. The molecule has 0 saturated carbocycles. The maximum Gasteiger partial charge on any atom is 0.330 e. The first-order chi connectivity index (χ1) is 8.41. The van der Waals surface area contributed by atoms with Crippen LogP contribution in [0.15, 0.2) is 35.5 Å². The van der Waals surface area contributed by atoms with Gasteiger partial charge < -0.3 is 10.2 Å². The van der Waals surface area contributed by atoms with E-state index in [1.165, 1.54) is 0 Å². The third kappa shape index (κ3) is 4.15. The van der Waals surface area contributed by atoms with Crippen molar-refractivity contribution in [2.45, 2.75) is 45.6 Å². The number of allylic oxidation sites excluding steroid dienone is 3. The Labute approximate surface area is 109 Å². The standard InChI is InChI=1S/C15H22O3/c1-10(2)13-8-7-12(14(16)9-13)6-4-5-11(3)15(17)18/h5,7,13-14,16H,1,4,6,8-9H2,2-3H3,(H,17,18). The van der Waals surface area contributed by atoms with Crippen LogP contribution in [0.25, 0.3) is 0 Å². The topological polar surface area (TPSA) is 57.5 Å². The number of rotatable bonds is 5. The first-order valence-electron chi connectivity index (χ1n) is 6.34. The maximum atomic E-state index is 10.6. The number of aliphatic hydroxyl groups excluding tert-OH is 1. The van der Waals surface area contributed by atoms with Crippen LogP contribution in [0.2, 0.25) is 0 Å². The van der Waals surface area contributed by atoms with Gasteiger partial charge in [0.25, 0.3) is 0 Å². The lowest BCUT2D eigenvalue weighted by molar-refractivity contribution is -0.132. The van der Waals surface area contributed by atoms with Gasteiger partial charge in [-0.25, -0.2) is 4.79 Å². The Morgan fingerprint density at radius 3 is 2.72 bits per heavy atom. The molecule has 1 aliphatic rings. The number of hydrogen-bond acceptors (Lipinski definition) is 2. The van der Waals surface area contributed by atoms with Crippen molar-refractivity contribution in [3.8, 4) is 0 Å². The van der Waals surface area contributed by atoms with Gasteiger partial charge >= 0.3 is 5.97 Å². The van der Waals surface area contributed by atoms with Crippen molar-refractivity contribution in [3.05, 3.63) is 35.5 Å². The summed E-state index contributed by atoms with van der Waals surface area (Å²) in [7, 11) is 0. The summed E-state index contributed by atoms with van der Waals surface area (Å²) in [5.74, 6) is -0.504. The van der Waals surface area contributed by atoms with Crippen LogP contribution in [0.1, 0.15) is 39.5 Å². The normalized spacial score (nSPS) is 24.6. The van der Waals surface area contributed by atoms with E-state index in [1.807, 2.05) is 6.92 Å². The van der Waals surface area contributed by atoms with E-state index in [2.05, 4.69) is 12.7 Å². The predicted octanol–water partition coefficient (Wildman–Crippen LogP) is 3.07. The van der Waals surface area contributed by atoms with Gasteiger partial charge in [0.15, 0.2) is 0 Å². The van der Waals surface area contributed by atoms with Crippen LogP contribution in [-0.2, 0) is 4.79 Å². The second kappa shape index (κ2) is 6.55. The van der Waals surface area contributed by atoms with Crippen LogP contribution in [0.5, 0.6) is 0 Å². The average Bonchev–Trinajstić information content (AvgIpc) is 2.30. The van der Waals surface area contributed by atoms with Gasteiger partial charge in [-0.05, 0) is 51.0 Å². The molecule has 2 atom stereocenters. The molecule has 1 aliphatic carbocycles. The minimum atomic E-state index is -0.879.